The molecule has 3 atom stereocenters. The van der Waals surface area contributed by atoms with Gasteiger partial charge in [-0.3, -0.25) is 30.2 Å². The average molecular weight is 560 g/mol. The van der Waals surface area contributed by atoms with E-state index in [2.05, 4.69) is 32.8 Å². The molecule has 210 valence electrons. The molecule has 3 heterocycles. The Balaban J connectivity index is 1.24. The Bertz CT molecular complexity index is 1150. The minimum atomic E-state index is -0.664. The summed E-state index contributed by atoms with van der Waals surface area (Å²) in [6.07, 6.45) is 6.45. The van der Waals surface area contributed by atoms with E-state index in [1.54, 1.807) is 0 Å². The zero-order chi connectivity index (χ0) is 27.4. The molecule has 2 saturated heterocycles. The number of likely N-dealkylation sites (tertiary alicyclic amines) is 1. The first-order valence-corrected chi connectivity index (χ1v) is 13.9. The van der Waals surface area contributed by atoms with Gasteiger partial charge in [0.15, 0.2) is 11.6 Å². The van der Waals surface area contributed by atoms with Gasteiger partial charge in [-0.2, -0.15) is 14.4 Å². The molecule has 3 fully saturated rings. The van der Waals surface area contributed by atoms with E-state index in [4.69, 9.17) is 16.4 Å². The number of amides is 2. The molecule has 0 unspecified atom stereocenters. The maximum atomic E-state index is 15.5. The predicted molar refractivity (Wildman–Crippen MR) is 145 cm³/mol. The monoisotopic (exact) mass is 559 g/mol. The van der Waals surface area contributed by atoms with Crippen molar-refractivity contribution in [3.05, 3.63) is 47.0 Å². The summed E-state index contributed by atoms with van der Waals surface area (Å²) in [6, 6.07) is 9.99. The first kappa shape index (κ1) is 27.5. The van der Waals surface area contributed by atoms with Crippen LogP contribution in [0.25, 0.3) is 0 Å². The molecule has 3 aliphatic rings. The van der Waals surface area contributed by atoms with E-state index in [-0.39, 0.29) is 42.0 Å². The van der Waals surface area contributed by atoms with Gasteiger partial charge < -0.3 is 4.90 Å². The van der Waals surface area contributed by atoms with Crippen molar-refractivity contribution >= 4 is 35.6 Å². The number of hydrogen-bond acceptors (Lipinski definition) is 8. The number of rotatable bonds is 12. The van der Waals surface area contributed by atoms with Gasteiger partial charge in [0.2, 0.25) is 23.4 Å². The van der Waals surface area contributed by atoms with E-state index in [1.165, 1.54) is 0 Å². The van der Waals surface area contributed by atoms with Gasteiger partial charge in [0, 0.05) is 25.2 Å². The quantitative estimate of drug-likeness (QED) is 0.232. The van der Waals surface area contributed by atoms with Crippen LogP contribution >= 0.6 is 11.6 Å². The molecule has 2 aromatic rings. The summed E-state index contributed by atoms with van der Waals surface area (Å²) in [5.74, 6) is -1.29. The molecular weight excluding hydrogens is 525 g/mol. The van der Waals surface area contributed by atoms with E-state index in [0.717, 1.165) is 49.3 Å². The number of aromatic nitrogens is 2. The summed E-state index contributed by atoms with van der Waals surface area (Å²) in [4.78, 5) is 43.1. The van der Waals surface area contributed by atoms with Crippen molar-refractivity contribution in [1.82, 2.24) is 25.4 Å². The topological polar surface area (TPSA) is 103 Å². The molecular formula is C27H35ClFN7O3. The Hall–Kier alpha value is -3.02. The third-order valence-corrected chi connectivity index (χ3v) is 8.29. The van der Waals surface area contributed by atoms with Crippen LogP contribution in [0, 0.1) is 17.7 Å². The van der Waals surface area contributed by atoms with E-state index in [9.17, 15) is 9.59 Å². The van der Waals surface area contributed by atoms with Gasteiger partial charge in [-0.1, -0.05) is 56.0 Å². The number of hydroxylamine groups is 2. The highest BCUT2D eigenvalue weighted by Gasteiger charge is 2.43. The molecule has 1 aliphatic carbocycles. The van der Waals surface area contributed by atoms with Crippen LogP contribution < -0.4 is 15.8 Å². The van der Waals surface area contributed by atoms with Crippen LogP contribution in [0.2, 0.25) is 5.28 Å². The summed E-state index contributed by atoms with van der Waals surface area (Å²) < 4.78 is 15.5. The van der Waals surface area contributed by atoms with Crippen molar-refractivity contribution in [2.24, 2.45) is 11.8 Å². The second kappa shape index (κ2) is 12.4. The molecule has 2 aliphatic heterocycles. The molecule has 39 heavy (non-hydrogen) atoms. The SMILES string of the molecule is CN1C[C@@H]2C[C@H]1CN2c1nc(Cl)nc(NNC(=O)[C@H](CC2CCCC2)CN(C=O)OCc2ccccc2)c1F. The standard InChI is InChI=1S/C27H35ClFN7O3/c1-34-14-22-12-21(34)15-36(22)25-23(29)24(30-27(28)31-25)32-33-26(38)20(11-18-7-5-6-8-18)13-35(17-37)39-16-19-9-3-2-4-10-19/h2-4,9-10,17-18,20-22H,5-8,11-16H2,1H3,(H,33,38)(H,30,31,32)/t20-,21+,22+/m1/s1. The van der Waals surface area contributed by atoms with Gasteiger partial charge in [0.1, 0.15) is 6.61 Å². The van der Waals surface area contributed by atoms with Crippen molar-refractivity contribution in [2.75, 3.05) is 37.0 Å². The van der Waals surface area contributed by atoms with Crippen LogP contribution in [-0.4, -0.2) is 71.0 Å². The number of likely N-dealkylation sites (N-methyl/N-ethyl adjacent to an activating group) is 1. The minimum Gasteiger partial charge on any atom is -0.348 e. The van der Waals surface area contributed by atoms with Crippen molar-refractivity contribution < 1.29 is 18.8 Å². The fourth-order valence-electron chi connectivity index (χ4n) is 6.02. The molecule has 2 bridgehead atoms. The van der Waals surface area contributed by atoms with E-state index >= 15 is 4.39 Å². The number of anilines is 2. The summed E-state index contributed by atoms with van der Waals surface area (Å²) in [5, 5.41) is 1.05. The first-order chi connectivity index (χ1) is 18.9. The van der Waals surface area contributed by atoms with Gasteiger partial charge in [0.25, 0.3) is 0 Å². The lowest BCUT2D eigenvalue weighted by molar-refractivity contribution is -0.182. The third-order valence-electron chi connectivity index (χ3n) is 8.12. The lowest BCUT2D eigenvalue weighted by Crippen LogP contribution is -2.45. The fraction of sp³-hybridized carbons (Fsp3) is 0.556. The zero-order valence-electron chi connectivity index (χ0n) is 22.1. The number of hydrogen-bond donors (Lipinski definition) is 2. The number of benzene rings is 1. The minimum absolute atomic E-state index is 0.0724. The highest BCUT2D eigenvalue weighted by molar-refractivity contribution is 6.28. The molecule has 1 aromatic heterocycles. The van der Waals surface area contributed by atoms with Crippen LogP contribution in [0.15, 0.2) is 30.3 Å². The molecule has 1 saturated carbocycles. The number of nitrogens with one attached hydrogen (secondary N) is 2. The van der Waals surface area contributed by atoms with Crippen LogP contribution in [0.3, 0.4) is 0 Å². The number of fused-ring (bicyclic) bond motifs is 2. The predicted octanol–water partition coefficient (Wildman–Crippen LogP) is 3.39. The fourth-order valence-corrected chi connectivity index (χ4v) is 6.18. The molecule has 10 nitrogen and oxygen atoms in total. The summed E-state index contributed by atoms with van der Waals surface area (Å²) in [6.45, 7) is 1.76. The number of piperazine rings is 1. The summed E-state index contributed by atoms with van der Waals surface area (Å²) >= 11 is 6.15. The highest BCUT2D eigenvalue weighted by Crippen LogP contribution is 2.36. The second-order valence-electron chi connectivity index (χ2n) is 10.8. The Kier molecular flexibility index (Phi) is 8.79. The largest absolute Gasteiger partial charge is 0.348 e. The van der Waals surface area contributed by atoms with Crippen molar-refractivity contribution in [3.63, 3.8) is 0 Å². The first-order valence-electron chi connectivity index (χ1n) is 13.6. The van der Waals surface area contributed by atoms with Crippen molar-refractivity contribution in [1.29, 1.82) is 0 Å². The molecule has 2 N–H and O–H groups in total. The second-order valence-corrected chi connectivity index (χ2v) is 11.1. The van der Waals surface area contributed by atoms with E-state index < -0.39 is 11.7 Å². The van der Waals surface area contributed by atoms with Crippen LogP contribution in [0.4, 0.5) is 16.0 Å². The lowest BCUT2D eigenvalue weighted by Gasteiger charge is -2.33. The average Bonchev–Trinajstić information content (AvgIpc) is 3.69. The maximum absolute atomic E-state index is 15.5. The Labute approximate surface area is 232 Å². The molecule has 0 radical (unpaired) electrons. The highest BCUT2D eigenvalue weighted by atomic mass is 35.5. The zero-order valence-corrected chi connectivity index (χ0v) is 22.8. The van der Waals surface area contributed by atoms with Gasteiger partial charge in [-0.25, -0.2) is 5.06 Å². The van der Waals surface area contributed by atoms with Gasteiger partial charge in [-0.05, 0) is 43.0 Å². The van der Waals surface area contributed by atoms with E-state index in [1.807, 2.05) is 35.2 Å². The Morgan fingerprint density at radius 3 is 2.67 bits per heavy atom. The smallest absolute Gasteiger partial charge is 0.243 e. The number of nitrogens with zero attached hydrogens (tertiary/aromatic N) is 5. The summed E-state index contributed by atoms with van der Waals surface area (Å²) in [7, 11) is 2.06. The van der Waals surface area contributed by atoms with Crippen LogP contribution in [0.1, 0.15) is 44.1 Å². The molecule has 12 heteroatoms. The lowest BCUT2D eigenvalue weighted by atomic mass is 9.92. The van der Waals surface area contributed by atoms with Crippen molar-refractivity contribution in [3.8, 4) is 0 Å². The summed E-state index contributed by atoms with van der Waals surface area (Å²) in [5.41, 5.74) is 6.14. The van der Waals surface area contributed by atoms with Crippen molar-refractivity contribution in [2.45, 2.75) is 57.2 Å². The van der Waals surface area contributed by atoms with Crippen LogP contribution in [0.5, 0.6) is 0 Å². The number of halogens is 2. The Morgan fingerprint density at radius 2 is 2.00 bits per heavy atom. The maximum Gasteiger partial charge on any atom is 0.243 e. The normalized spacial score (nSPS) is 21.8. The molecule has 0 spiro atoms. The van der Waals surface area contributed by atoms with Gasteiger partial charge >= 0.3 is 0 Å². The van der Waals surface area contributed by atoms with Gasteiger partial charge in [0.05, 0.1) is 12.5 Å². The van der Waals surface area contributed by atoms with Gasteiger partial charge in [-0.15, -0.1) is 0 Å². The molecule has 2 amide bonds. The number of carbonyl (C=O) groups excluding carboxylic acids is 2. The Morgan fingerprint density at radius 1 is 1.23 bits per heavy atom. The third kappa shape index (κ3) is 6.59. The molecule has 5 rings (SSSR count). The number of carbonyl (C=O) groups is 2. The number of hydrazine groups is 1. The van der Waals surface area contributed by atoms with Crippen LogP contribution in [-0.2, 0) is 21.0 Å². The molecule has 1 aromatic carbocycles. The van der Waals surface area contributed by atoms with E-state index in [0.29, 0.717) is 31.3 Å².